The molecule has 0 aliphatic carbocycles. The van der Waals surface area contributed by atoms with E-state index in [1.165, 1.54) is 12.5 Å². The van der Waals surface area contributed by atoms with Crippen molar-refractivity contribution in [3.8, 4) is 0 Å². The maximum atomic E-state index is 12.6. The second-order valence-electron chi connectivity index (χ2n) is 5.48. The first kappa shape index (κ1) is 14.0. The van der Waals surface area contributed by atoms with Gasteiger partial charge in [0, 0.05) is 18.6 Å². The Bertz CT molecular complexity index is 504. The van der Waals surface area contributed by atoms with Crippen LogP contribution in [0, 0.1) is 0 Å². The second-order valence-corrected chi connectivity index (χ2v) is 5.88. The number of rotatable bonds is 2. The van der Waals surface area contributed by atoms with E-state index in [9.17, 15) is 13.2 Å². The third kappa shape index (κ3) is 2.61. The van der Waals surface area contributed by atoms with Gasteiger partial charge in [-0.2, -0.15) is 13.2 Å². The smallest absolute Gasteiger partial charge is 0.379 e. The lowest BCUT2D eigenvalue weighted by Gasteiger charge is -2.23. The number of alkyl halides is 3. The molecule has 0 spiro atoms. The van der Waals surface area contributed by atoms with E-state index in [2.05, 4.69) is 10.2 Å². The van der Waals surface area contributed by atoms with Gasteiger partial charge in [-0.05, 0) is 44.0 Å². The van der Waals surface area contributed by atoms with Gasteiger partial charge < -0.3 is 5.32 Å². The minimum absolute atomic E-state index is 0.135. The van der Waals surface area contributed by atoms with Gasteiger partial charge >= 0.3 is 6.18 Å². The number of anilines is 1. The molecular weight excluding hydrogens is 289 g/mol. The van der Waals surface area contributed by atoms with Crippen molar-refractivity contribution in [2.45, 2.75) is 37.5 Å². The Kier molecular flexibility index (Phi) is 3.58. The van der Waals surface area contributed by atoms with Gasteiger partial charge in [0.2, 0.25) is 0 Å². The summed E-state index contributed by atoms with van der Waals surface area (Å²) in [5.74, 6) is 0. The maximum Gasteiger partial charge on any atom is 0.416 e. The van der Waals surface area contributed by atoms with Crippen LogP contribution in [0.5, 0.6) is 0 Å². The fourth-order valence-corrected chi connectivity index (χ4v) is 3.49. The molecule has 0 bridgehead atoms. The highest BCUT2D eigenvalue weighted by molar-refractivity contribution is 6.33. The Morgan fingerprint density at radius 1 is 1.20 bits per heavy atom. The summed E-state index contributed by atoms with van der Waals surface area (Å²) in [4.78, 5) is 2.44. The Hall–Kier alpha value is -0.940. The lowest BCUT2D eigenvalue weighted by Crippen LogP contribution is -2.33. The van der Waals surface area contributed by atoms with Crippen LogP contribution in [-0.4, -0.2) is 30.1 Å². The van der Waals surface area contributed by atoms with Crippen LogP contribution >= 0.6 is 11.6 Å². The van der Waals surface area contributed by atoms with Crippen LogP contribution in [0.4, 0.5) is 18.9 Å². The SMILES string of the molecule is FC(F)(F)c1ccc(NC2CCN3CCCC23)c(Cl)c1. The molecule has 0 amide bonds. The lowest BCUT2D eigenvalue weighted by molar-refractivity contribution is -0.137. The fourth-order valence-electron chi connectivity index (χ4n) is 3.26. The van der Waals surface area contributed by atoms with Crippen LogP contribution in [0.2, 0.25) is 5.02 Å². The minimum atomic E-state index is -4.35. The molecule has 1 aromatic rings. The summed E-state index contributed by atoms with van der Waals surface area (Å²) in [5, 5.41) is 3.45. The van der Waals surface area contributed by atoms with E-state index in [4.69, 9.17) is 11.6 Å². The van der Waals surface area contributed by atoms with Crippen LogP contribution in [0.25, 0.3) is 0 Å². The highest BCUT2D eigenvalue weighted by Crippen LogP contribution is 2.36. The molecule has 0 saturated carbocycles. The molecule has 2 unspecified atom stereocenters. The molecule has 2 aliphatic rings. The summed E-state index contributed by atoms with van der Waals surface area (Å²) in [7, 11) is 0. The van der Waals surface area contributed by atoms with Gasteiger partial charge in [-0.3, -0.25) is 4.90 Å². The summed E-state index contributed by atoms with van der Waals surface area (Å²) < 4.78 is 37.8. The third-order valence-corrected chi connectivity index (χ3v) is 4.56. The monoisotopic (exact) mass is 304 g/mol. The summed E-state index contributed by atoms with van der Waals surface area (Å²) in [6.45, 7) is 2.18. The molecule has 2 aliphatic heterocycles. The Labute approximate surface area is 120 Å². The summed E-state index contributed by atoms with van der Waals surface area (Å²) >= 11 is 5.98. The van der Waals surface area contributed by atoms with Crippen molar-refractivity contribution in [3.63, 3.8) is 0 Å². The molecule has 0 aromatic heterocycles. The Morgan fingerprint density at radius 2 is 2.00 bits per heavy atom. The molecule has 0 radical (unpaired) electrons. The number of nitrogens with one attached hydrogen (secondary N) is 1. The largest absolute Gasteiger partial charge is 0.416 e. The van der Waals surface area contributed by atoms with Gasteiger partial charge in [0.1, 0.15) is 0 Å². The zero-order valence-electron chi connectivity index (χ0n) is 10.9. The predicted molar refractivity (Wildman–Crippen MR) is 73.1 cm³/mol. The van der Waals surface area contributed by atoms with E-state index >= 15 is 0 Å². The van der Waals surface area contributed by atoms with E-state index < -0.39 is 11.7 Å². The first-order valence-corrected chi connectivity index (χ1v) is 7.20. The van der Waals surface area contributed by atoms with Crippen LogP contribution in [0.3, 0.4) is 0 Å². The Morgan fingerprint density at radius 3 is 2.70 bits per heavy atom. The van der Waals surface area contributed by atoms with Crippen molar-refractivity contribution in [2.24, 2.45) is 0 Å². The fraction of sp³-hybridized carbons (Fsp3) is 0.571. The van der Waals surface area contributed by atoms with Gasteiger partial charge in [0.25, 0.3) is 0 Å². The molecule has 2 atom stereocenters. The maximum absolute atomic E-state index is 12.6. The number of fused-ring (bicyclic) bond motifs is 1. The van der Waals surface area contributed by atoms with E-state index in [0.29, 0.717) is 11.7 Å². The quantitative estimate of drug-likeness (QED) is 0.888. The van der Waals surface area contributed by atoms with E-state index in [1.54, 1.807) is 0 Å². The first-order chi connectivity index (χ1) is 9.45. The second kappa shape index (κ2) is 5.11. The molecule has 1 aromatic carbocycles. The van der Waals surface area contributed by atoms with Crippen molar-refractivity contribution in [1.82, 2.24) is 4.90 Å². The zero-order valence-corrected chi connectivity index (χ0v) is 11.6. The highest BCUT2D eigenvalue weighted by Gasteiger charge is 2.37. The molecule has 2 saturated heterocycles. The van der Waals surface area contributed by atoms with Crippen molar-refractivity contribution >= 4 is 17.3 Å². The highest BCUT2D eigenvalue weighted by atomic mass is 35.5. The first-order valence-electron chi connectivity index (χ1n) is 6.82. The van der Waals surface area contributed by atoms with Crippen LogP contribution in [0.15, 0.2) is 18.2 Å². The summed E-state index contributed by atoms with van der Waals surface area (Å²) in [5.41, 5.74) is -0.111. The average molecular weight is 305 g/mol. The predicted octanol–water partition coefficient (Wildman–Crippen LogP) is 4.01. The summed E-state index contributed by atoms with van der Waals surface area (Å²) in [6.07, 6.45) is -0.987. The average Bonchev–Trinajstić information content (AvgIpc) is 2.95. The molecule has 110 valence electrons. The lowest BCUT2D eigenvalue weighted by atomic mass is 10.1. The number of halogens is 4. The van der Waals surface area contributed by atoms with Crippen molar-refractivity contribution in [3.05, 3.63) is 28.8 Å². The molecular formula is C14H16ClF3N2. The van der Waals surface area contributed by atoms with Gasteiger partial charge in [-0.15, -0.1) is 0 Å². The minimum Gasteiger partial charge on any atom is -0.379 e. The van der Waals surface area contributed by atoms with E-state index in [-0.39, 0.29) is 11.1 Å². The van der Waals surface area contributed by atoms with Crippen molar-refractivity contribution in [2.75, 3.05) is 18.4 Å². The third-order valence-electron chi connectivity index (χ3n) is 4.24. The van der Waals surface area contributed by atoms with Crippen LogP contribution in [0.1, 0.15) is 24.8 Å². The molecule has 2 nitrogen and oxygen atoms in total. The van der Waals surface area contributed by atoms with Gasteiger partial charge in [0.05, 0.1) is 16.3 Å². The number of hydrogen-bond acceptors (Lipinski definition) is 2. The number of benzene rings is 1. The molecule has 2 fully saturated rings. The van der Waals surface area contributed by atoms with Crippen molar-refractivity contribution in [1.29, 1.82) is 0 Å². The molecule has 20 heavy (non-hydrogen) atoms. The number of hydrogen-bond donors (Lipinski definition) is 1. The standard InChI is InChI=1S/C14H16ClF3N2/c15-10-8-9(14(16,17)18)3-4-11(10)19-12-5-7-20-6-1-2-13(12)20/h3-4,8,12-13,19H,1-2,5-7H2. The molecule has 2 heterocycles. The number of nitrogens with zero attached hydrogens (tertiary/aromatic N) is 1. The Balaban J connectivity index is 1.75. The normalized spacial score (nSPS) is 26.8. The van der Waals surface area contributed by atoms with E-state index in [0.717, 1.165) is 38.1 Å². The van der Waals surface area contributed by atoms with Gasteiger partial charge in [-0.25, -0.2) is 0 Å². The van der Waals surface area contributed by atoms with Gasteiger partial charge in [-0.1, -0.05) is 11.6 Å². The molecule has 6 heteroatoms. The van der Waals surface area contributed by atoms with Crippen molar-refractivity contribution < 1.29 is 13.2 Å². The van der Waals surface area contributed by atoms with Crippen LogP contribution < -0.4 is 5.32 Å². The summed E-state index contributed by atoms with van der Waals surface area (Å²) in [6, 6.07) is 4.28. The topological polar surface area (TPSA) is 15.3 Å². The van der Waals surface area contributed by atoms with Gasteiger partial charge in [0.15, 0.2) is 0 Å². The van der Waals surface area contributed by atoms with E-state index in [1.807, 2.05) is 0 Å². The zero-order chi connectivity index (χ0) is 14.3. The van der Waals surface area contributed by atoms with Crippen LogP contribution in [-0.2, 0) is 6.18 Å². The molecule has 1 N–H and O–H groups in total. The molecule has 3 rings (SSSR count).